The number of carbonyl (C=O) groups excluding carboxylic acids is 2. The van der Waals surface area contributed by atoms with Crippen LogP contribution >= 0.6 is 34.5 Å². The average Bonchev–Trinajstić information content (AvgIpc) is 2.91. The molecule has 25 heavy (non-hydrogen) atoms. The van der Waals surface area contributed by atoms with Crippen LogP contribution in [0.1, 0.15) is 16.6 Å². The van der Waals surface area contributed by atoms with Crippen LogP contribution in [-0.4, -0.2) is 18.0 Å². The van der Waals surface area contributed by atoms with Gasteiger partial charge in [0.1, 0.15) is 4.88 Å². The third-order valence-electron chi connectivity index (χ3n) is 3.47. The van der Waals surface area contributed by atoms with Gasteiger partial charge in [-0.2, -0.15) is 0 Å². The Morgan fingerprint density at radius 2 is 1.84 bits per heavy atom. The van der Waals surface area contributed by atoms with Gasteiger partial charge >= 0.3 is 5.97 Å². The van der Waals surface area contributed by atoms with E-state index in [2.05, 4.69) is 5.32 Å². The summed E-state index contributed by atoms with van der Waals surface area (Å²) in [5, 5.41) is 4.27. The first kappa shape index (κ1) is 17.7. The lowest BCUT2D eigenvalue weighted by Gasteiger charge is -2.13. The minimum Gasteiger partial charge on any atom is -0.448 e. The molecule has 0 unspecified atom stereocenters. The van der Waals surface area contributed by atoms with Crippen molar-refractivity contribution in [3.05, 3.63) is 63.5 Å². The van der Waals surface area contributed by atoms with Crippen LogP contribution in [0.25, 0.3) is 10.1 Å². The molecule has 0 spiro atoms. The summed E-state index contributed by atoms with van der Waals surface area (Å²) in [5.74, 6) is -1.06. The van der Waals surface area contributed by atoms with Crippen molar-refractivity contribution in [3.63, 3.8) is 0 Å². The van der Waals surface area contributed by atoms with Gasteiger partial charge in [0.25, 0.3) is 5.91 Å². The fourth-order valence-electron chi connectivity index (χ4n) is 2.20. The number of hydrogen-bond acceptors (Lipinski definition) is 4. The molecule has 3 rings (SSSR count). The van der Waals surface area contributed by atoms with Gasteiger partial charge in [-0.05, 0) is 31.2 Å². The topological polar surface area (TPSA) is 55.4 Å². The number of ether oxygens (including phenoxy) is 1. The normalized spacial score (nSPS) is 12.0. The third kappa shape index (κ3) is 3.95. The summed E-state index contributed by atoms with van der Waals surface area (Å²) in [6.45, 7) is 1.51. The summed E-state index contributed by atoms with van der Waals surface area (Å²) in [7, 11) is 0. The molecular formula is C18H13Cl2NO3S. The molecule has 128 valence electrons. The Kier molecular flexibility index (Phi) is 5.27. The Balaban J connectivity index is 1.73. The van der Waals surface area contributed by atoms with Crippen molar-refractivity contribution in [2.75, 3.05) is 5.32 Å². The summed E-state index contributed by atoms with van der Waals surface area (Å²) in [6.07, 6.45) is -0.961. The number of anilines is 1. The molecule has 1 atom stereocenters. The van der Waals surface area contributed by atoms with Crippen molar-refractivity contribution < 1.29 is 14.3 Å². The van der Waals surface area contributed by atoms with Crippen LogP contribution in [-0.2, 0) is 9.53 Å². The first-order chi connectivity index (χ1) is 12.0. The van der Waals surface area contributed by atoms with E-state index in [1.165, 1.54) is 18.3 Å². The summed E-state index contributed by atoms with van der Waals surface area (Å²) in [4.78, 5) is 24.8. The van der Waals surface area contributed by atoms with Gasteiger partial charge in [-0.15, -0.1) is 11.3 Å². The number of fused-ring (bicyclic) bond motifs is 1. The van der Waals surface area contributed by atoms with Crippen molar-refractivity contribution in [2.24, 2.45) is 0 Å². The highest BCUT2D eigenvalue weighted by Crippen LogP contribution is 2.37. The summed E-state index contributed by atoms with van der Waals surface area (Å²) >= 11 is 13.4. The quantitative estimate of drug-likeness (QED) is 0.604. The number of thiophene rings is 1. The van der Waals surface area contributed by atoms with Crippen molar-refractivity contribution >= 4 is 62.2 Å². The Hall–Kier alpha value is -2.08. The van der Waals surface area contributed by atoms with Gasteiger partial charge in [-0.1, -0.05) is 47.5 Å². The second kappa shape index (κ2) is 7.44. The molecule has 0 saturated heterocycles. The maximum atomic E-state index is 12.4. The van der Waals surface area contributed by atoms with Gasteiger partial charge in [0.15, 0.2) is 6.10 Å². The number of amides is 1. The standard InChI is InChI=1S/C18H13Cl2NO3S/c1-10(17(22)21-12-5-3-2-4-6-12)24-18(23)16-15(20)13-8-7-11(19)9-14(13)25-16/h2-10H,1H3,(H,21,22)/t10-/m1/s1. The highest BCUT2D eigenvalue weighted by molar-refractivity contribution is 7.21. The Labute approximate surface area is 158 Å². The number of hydrogen-bond donors (Lipinski definition) is 1. The number of esters is 1. The monoisotopic (exact) mass is 393 g/mol. The van der Waals surface area contributed by atoms with Crippen LogP contribution in [0.2, 0.25) is 10.0 Å². The molecule has 2 aromatic carbocycles. The predicted octanol–water partition coefficient (Wildman–Crippen LogP) is 5.39. The fraction of sp³-hybridized carbons (Fsp3) is 0.111. The summed E-state index contributed by atoms with van der Waals surface area (Å²) < 4.78 is 6.04. The minimum atomic E-state index is -0.961. The molecule has 1 amide bonds. The van der Waals surface area contributed by atoms with Gasteiger partial charge in [-0.3, -0.25) is 4.79 Å². The molecule has 0 fully saturated rings. The lowest BCUT2D eigenvalue weighted by atomic mass is 10.2. The van der Waals surface area contributed by atoms with E-state index in [1.54, 1.807) is 42.5 Å². The van der Waals surface area contributed by atoms with Crippen LogP contribution in [0.4, 0.5) is 5.69 Å². The van der Waals surface area contributed by atoms with E-state index in [0.29, 0.717) is 15.7 Å². The van der Waals surface area contributed by atoms with Gasteiger partial charge in [0, 0.05) is 20.8 Å². The van der Waals surface area contributed by atoms with E-state index in [1.807, 2.05) is 6.07 Å². The van der Waals surface area contributed by atoms with Crippen LogP contribution in [0.15, 0.2) is 48.5 Å². The fourth-order valence-corrected chi connectivity index (χ4v) is 3.87. The molecule has 0 aliphatic heterocycles. The third-order valence-corrected chi connectivity index (χ3v) is 5.34. The molecular weight excluding hydrogens is 381 g/mol. The zero-order valence-corrected chi connectivity index (χ0v) is 15.4. The maximum Gasteiger partial charge on any atom is 0.350 e. The van der Waals surface area contributed by atoms with Gasteiger partial charge in [0.2, 0.25) is 0 Å². The summed E-state index contributed by atoms with van der Waals surface area (Å²) in [5.41, 5.74) is 0.630. The van der Waals surface area contributed by atoms with Gasteiger partial charge in [0.05, 0.1) is 5.02 Å². The molecule has 0 bridgehead atoms. The number of nitrogens with one attached hydrogen (secondary N) is 1. The molecule has 0 radical (unpaired) electrons. The SMILES string of the molecule is C[C@@H](OC(=O)c1sc2cc(Cl)ccc2c1Cl)C(=O)Nc1ccccc1. The van der Waals surface area contributed by atoms with Crippen molar-refractivity contribution in [2.45, 2.75) is 13.0 Å². The zero-order chi connectivity index (χ0) is 18.0. The van der Waals surface area contributed by atoms with Crippen molar-refractivity contribution in [3.8, 4) is 0 Å². The number of carbonyl (C=O) groups is 2. The largest absolute Gasteiger partial charge is 0.448 e. The smallest absolute Gasteiger partial charge is 0.350 e. The number of para-hydroxylation sites is 1. The number of benzene rings is 2. The molecule has 0 aliphatic rings. The Morgan fingerprint density at radius 1 is 1.12 bits per heavy atom. The van der Waals surface area contributed by atoms with Crippen LogP contribution in [0.5, 0.6) is 0 Å². The van der Waals surface area contributed by atoms with E-state index < -0.39 is 18.0 Å². The van der Waals surface area contributed by atoms with Crippen LogP contribution in [0, 0.1) is 0 Å². The van der Waals surface area contributed by atoms with E-state index in [0.717, 1.165) is 10.1 Å². The number of rotatable bonds is 4. The van der Waals surface area contributed by atoms with E-state index in [9.17, 15) is 9.59 Å². The second-order valence-electron chi connectivity index (χ2n) is 5.29. The molecule has 4 nitrogen and oxygen atoms in total. The predicted molar refractivity (Wildman–Crippen MR) is 102 cm³/mol. The molecule has 1 N–H and O–H groups in total. The zero-order valence-electron chi connectivity index (χ0n) is 13.1. The molecule has 1 aromatic heterocycles. The minimum absolute atomic E-state index is 0.248. The van der Waals surface area contributed by atoms with E-state index in [-0.39, 0.29) is 4.88 Å². The number of halogens is 2. The molecule has 3 aromatic rings. The van der Waals surface area contributed by atoms with E-state index >= 15 is 0 Å². The first-order valence-corrected chi connectivity index (χ1v) is 8.97. The molecule has 0 aliphatic carbocycles. The maximum absolute atomic E-state index is 12.4. The van der Waals surface area contributed by atoms with Gasteiger partial charge < -0.3 is 10.1 Å². The van der Waals surface area contributed by atoms with Crippen LogP contribution < -0.4 is 5.32 Å². The lowest BCUT2D eigenvalue weighted by molar-refractivity contribution is -0.123. The van der Waals surface area contributed by atoms with E-state index in [4.69, 9.17) is 27.9 Å². The van der Waals surface area contributed by atoms with Crippen LogP contribution in [0.3, 0.4) is 0 Å². The van der Waals surface area contributed by atoms with Crippen molar-refractivity contribution in [1.29, 1.82) is 0 Å². The average molecular weight is 394 g/mol. The van der Waals surface area contributed by atoms with Crippen molar-refractivity contribution in [1.82, 2.24) is 0 Å². The Bertz CT molecular complexity index is 940. The molecule has 0 saturated carbocycles. The Morgan fingerprint density at radius 3 is 2.56 bits per heavy atom. The molecule has 1 heterocycles. The second-order valence-corrected chi connectivity index (χ2v) is 7.16. The summed E-state index contributed by atoms with van der Waals surface area (Å²) in [6, 6.07) is 14.1. The first-order valence-electron chi connectivity index (χ1n) is 7.40. The molecule has 7 heteroatoms. The lowest BCUT2D eigenvalue weighted by Crippen LogP contribution is -2.29. The highest BCUT2D eigenvalue weighted by Gasteiger charge is 2.23. The van der Waals surface area contributed by atoms with Gasteiger partial charge in [-0.25, -0.2) is 4.79 Å². The highest BCUT2D eigenvalue weighted by atomic mass is 35.5.